The van der Waals surface area contributed by atoms with Crippen molar-refractivity contribution in [1.82, 2.24) is 4.90 Å². The number of phenols is 1. The molecular formula is C19H19ClN2O3. The molecule has 2 aliphatic rings. The summed E-state index contributed by atoms with van der Waals surface area (Å²) < 4.78 is 5.70. The zero-order valence-corrected chi connectivity index (χ0v) is 14.4. The predicted octanol–water partition coefficient (Wildman–Crippen LogP) is 2.92. The Hall–Kier alpha value is -2.24. The van der Waals surface area contributed by atoms with E-state index in [1.165, 1.54) is 0 Å². The first kappa shape index (κ1) is 16.2. The molecule has 0 atom stereocenters. The van der Waals surface area contributed by atoms with Crippen molar-refractivity contribution in [3.63, 3.8) is 0 Å². The van der Waals surface area contributed by atoms with Gasteiger partial charge in [-0.3, -0.25) is 4.79 Å². The smallest absolute Gasteiger partial charge is 0.243 e. The maximum atomic E-state index is 12.6. The van der Waals surface area contributed by atoms with E-state index in [2.05, 4.69) is 0 Å². The van der Waals surface area contributed by atoms with Gasteiger partial charge in [0.25, 0.3) is 0 Å². The van der Waals surface area contributed by atoms with Crippen LogP contribution in [0.4, 0.5) is 0 Å². The van der Waals surface area contributed by atoms with Crippen molar-refractivity contribution in [2.45, 2.75) is 24.9 Å². The number of nitrogens with two attached hydrogens (primary N) is 1. The monoisotopic (exact) mass is 358 g/mol. The Morgan fingerprint density at radius 1 is 1.24 bits per heavy atom. The first-order chi connectivity index (χ1) is 12.0. The van der Waals surface area contributed by atoms with Gasteiger partial charge >= 0.3 is 0 Å². The number of ether oxygens (including phenoxy) is 1. The molecule has 1 aliphatic carbocycles. The highest BCUT2D eigenvalue weighted by atomic mass is 35.5. The van der Waals surface area contributed by atoms with Gasteiger partial charge in [0.15, 0.2) is 11.5 Å². The molecule has 1 saturated carbocycles. The van der Waals surface area contributed by atoms with Gasteiger partial charge in [0.1, 0.15) is 6.61 Å². The topological polar surface area (TPSA) is 75.8 Å². The molecule has 2 aromatic rings. The standard InChI is InChI=1S/C19H19ClN2O3/c20-15-3-1-2-12(9-15)13-8-14-11-22(18(24)19(21)4-5-19)6-7-25-17(14)16(23)10-13/h1-3,8-10,23H,4-7,11,21H2. The molecule has 0 saturated heterocycles. The fourth-order valence-corrected chi connectivity index (χ4v) is 3.36. The number of carbonyl (C=O) groups excluding carboxylic acids is 1. The molecule has 0 unspecified atom stereocenters. The van der Waals surface area contributed by atoms with Crippen molar-refractivity contribution in [3.8, 4) is 22.6 Å². The Balaban J connectivity index is 1.71. The lowest BCUT2D eigenvalue weighted by atomic mass is 10.0. The molecule has 6 heteroatoms. The maximum absolute atomic E-state index is 12.6. The number of fused-ring (bicyclic) bond motifs is 1. The van der Waals surface area contributed by atoms with Crippen LogP contribution >= 0.6 is 11.6 Å². The minimum Gasteiger partial charge on any atom is -0.504 e. The Morgan fingerprint density at radius 3 is 2.76 bits per heavy atom. The first-order valence-corrected chi connectivity index (χ1v) is 8.67. The van der Waals surface area contributed by atoms with E-state index in [1.807, 2.05) is 24.3 Å². The lowest BCUT2D eigenvalue weighted by molar-refractivity contribution is -0.134. The Bertz CT molecular complexity index is 849. The Kier molecular flexibility index (Phi) is 3.85. The van der Waals surface area contributed by atoms with Crippen LogP contribution in [0.1, 0.15) is 18.4 Å². The molecule has 1 fully saturated rings. The highest BCUT2D eigenvalue weighted by Gasteiger charge is 2.48. The van der Waals surface area contributed by atoms with Gasteiger partial charge in [-0.2, -0.15) is 0 Å². The van der Waals surface area contributed by atoms with Crippen molar-refractivity contribution in [2.75, 3.05) is 13.2 Å². The molecule has 2 aromatic carbocycles. The molecule has 1 aliphatic heterocycles. The molecule has 25 heavy (non-hydrogen) atoms. The number of rotatable bonds is 2. The molecule has 1 heterocycles. The van der Waals surface area contributed by atoms with Crippen molar-refractivity contribution in [2.24, 2.45) is 5.73 Å². The predicted molar refractivity (Wildman–Crippen MR) is 95.6 cm³/mol. The van der Waals surface area contributed by atoms with Gasteiger partial charge in [-0.1, -0.05) is 23.7 Å². The lowest BCUT2D eigenvalue weighted by Crippen LogP contribution is -2.46. The van der Waals surface area contributed by atoms with E-state index in [0.717, 1.165) is 29.5 Å². The van der Waals surface area contributed by atoms with Crippen LogP contribution in [-0.4, -0.2) is 34.6 Å². The molecule has 3 N–H and O–H groups in total. The number of hydrogen-bond donors (Lipinski definition) is 2. The number of amides is 1. The SMILES string of the molecule is NC1(C(=O)N2CCOc3c(O)cc(-c4cccc(Cl)c4)cc3C2)CC1. The molecule has 130 valence electrons. The van der Waals surface area contributed by atoms with E-state index < -0.39 is 5.54 Å². The van der Waals surface area contributed by atoms with Gasteiger partial charge in [-0.25, -0.2) is 0 Å². The quantitative estimate of drug-likeness (QED) is 0.865. The van der Waals surface area contributed by atoms with Gasteiger partial charge < -0.3 is 20.5 Å². The van der Waals surface area contributed by atoms with E-state index in [-0.39, 0.29) is 11.7 Å². The summed E-state index contributed by atoms with van der Waals surface area (Å²) in [5.41, 5.74) is 7.84. The summed E-state index contributed by atoms with van der Waals surface area (Å²) in [5.74, 6) is 0.454. The average molecular weight is 359 g/mol. The van der Waals surface area contributed by atoms with Gasteiger partial charge in [-0.05, 0) is 48.2 Å². The summed E-state index contributed by atoms with van der Waals surface area (Å²) in [5, 5.41) is 11.0. The first-order valence-electron chi connectivity index (χ1n) is 8.29. The van der Waals surface area contributed by atoms with Crippen LogP contribution in [0, 0.1) is 0 Å². The van der Waals surface area contributed by atoms with Gasteiger partial charge in [0, 0.05) is 17.1 Å². The maximum Gasteiger partial charge on any atom is 0.243 e. The summed E-state index contributed by atoms with van der Waals surface area (Å²) in [6, 6.07) is 11.0. The zero-order valence-electron chi connectivity index (χ0n) is 13.7. The van der Waals surface area contributed by atoms with Crippen LogP contribution in [0.5, 0.6) is 11.5 Å². The molecule has 1 amide bonds. The Labute approximate surface area is 151 Å². The molecule has 0 aromatic heterocycles. The zero-order chi connectivity index (χ0) is 17.6. The minimum absolute atomic E-state index is 0.0448. The summed E-state index contributed by atoms with van der Waals surface area (Å²) in [7, 11) is 0. The number of carbonyl (C=O) groups is 1. The number of halogens is 1. The van der Waals surface area contributed by atoms with Crippen LogP contribution in [0.3, 0.4) is 0 Å². The van der Waals surface area contributed by atoms with Crippen LogP contribution in [0.2, 0.25) is 5.02 Å². The number of aromatic hydroxyl groups is 1. The third kappa shape index (κ3) is 3.05. The van der Waals surface area contributed by atoms with Gasteiger partial charge in [0.2, 0.25) is 5.91 Å². The van der Waals surface area contributed by atoms with Crippen LogP contribution < -0.4 is 10.5 Å². The van der Waals surface area contributed by atoms with E-state index >= 15 is 0 Å². The number of phenolic OH excluding ortho intramolecular Hbond substituents is 1. The lowest BCUT2D eigenvalue weighted by Gasteiger charge is -2.23. The van der Waals surface area contributed by atoms with Crippen LogP contribution in [0.15, 0.2) is 36.4 Å². The number of benzene rings is 2. The highest BCUT2D eigenvalue weighted by molar-refractivity contribution is 6.30. The molecule has 4 rings (SSSR count). The van der Waals surface area contributed by atoms with E-state index in [1.54, 1.807) is 17.0 Å². The van der Waals surface area contributed by atoms with Crippen LogP contribution in [-0.2, 0) is 11.3 Å². The minimum atomic E-state index is -0.711. The Morgan fingerprint density at radius 2 is 2.04 bits per heavy atom. The van der Waals surface area contributed by atoms with Crippen molar-refractivity contribution < 1.29 is 14.6 Å². The van der Waals surface area contributed by atoms with Crippen molar-refractivity contribution in [1.29, 1.82) is 0 Å². The second-order valence-corrected chi connectivity index (χ2v) is 7.16. The fraction of sp³-hybridized carbons (Fsp3) is 0.316. The second kappa shape index (κ2) is 5.93. The second-order valence-electron chi connectivity index (χ2n) is 6.73. The number of nitrogens with zero attached hydrogens (tertiary/aromatic N) is 1. The molecule has 5 nitrogen and oxygen atoms in total. The molecule has 0 spiro atoms. The van der Waals surface area contributed by atoms with E-state index in [4.69, 9.17) is 22.1 Å². The normalized spacial score (nSPS) is 18.1. The molecule has 0 bridgehead atoms. The third-order valence-electron chi connectivity index (χ3n) is 4.77. The van der Waals surface area contributed by atoms with E-state index in [0.29, 0.717) is 30.5 Å². The molecular weight excluding hydrogens is 340 g/mol. The fourth-order valence-electron chi connectivity index (χ4n) is 3.17. The summed E-state index contributed by atoms with van der Waals surface area (Å²) in [4.78, 5) is 14.3. The highest BCUT2D eigenvalue weighted by Crippen LogP contribution is 2.40. The average Bonchev–Trinajstić information content (AvgIpc) is 3.37. The largest absolute Gasteiger partial charge is 0.504 e. The summed E-state index contributed by atoms with van der Waals surface area (Å²) in [6.07, 6.45) is 1.45. The number of hydrogen-bond acceptors (Lipinski definition) is 4. The molecule has 0 radical (unpaired) electrons. The van der Waals surface area contributed by atoms with Crippen molar-refractivity contribution >= 4 is 17.5 Å². The van der Waals surface area contributed by atoms with E-state index in [9.17, 15) is 9.90 Å². The van der Waals surface area contributed by atoms with Crippen LogP contribution in [0.25, 0.3) is 11.1 Å². The summed E-state index contributed by atoms with van der Waals surface area (Å²) >= 11 is 6.07. The van der Waals surface area contributed by atoms with Gasteiger partial charge in [0.05, 0.1) is 12.1 Å². The van der Waals surface area contributed by atoms with Crippen molar-refractivity contribution in [3.05, 3.63) is 47.0 Å². The third-order valence-corrected chi connectivity index (χ3v) is 5.01. The summed E-state index contributed by atoms with van der Waals surface area (Å²) in [6.45, 7) is 1.16. The van der Waals surface area contributed by atoms with Gasteiger partial charge in [-0.15, -0.1) is 0 Å².